The zero-order valence-electron chi connectivity index (χ0n) is 16.1. The molecule has 1 amide bonds. The van der Waals surface area contributed by atoms with E-state index in [-0.39, 0.29) is 5.57 Å². The highest BCUT2D eigenvalue weighted by Crippen LogP contribution is 2.21. The number of nitrogens with one attached hydrogen (secondary N) is 1. The summed E-state index contributed by atoms with van der Waals surface area (Å²) in [5, 5.41) is 12.3. The van der Waals surface area contributed by atoms with Crippen molar-refractivity contribution in [2.75, 3.05) is 12.4 Å². The van der Waals surface area contributed by atoms with Gasteiger partial charge in [-0.3, -0.25) is 4.79 Å². The summed E-state index contributed by atoms with van der Waals surface area (Å²) in [6.07, 6.45) is 3.50. The quantitative estimate of drug-likeness (QED) is 0.524. The molecule has 0 bridgehead atoms. The second kappa shape index (κ2) is 8.28. The number of hydrogen-bond donors (Lipinski definition) is 1. The first kappa shape index (κ1) is 19.0. The lowest BCUT2D eigenvalue weighted by Crippen LogP contribution is -2.14. The molecule has 0 fully saturated rings. The predicted octanol–water partition coefficient (Wildman–Crippen LogP) is 4.65. The number of aryl methyl sites for hydroxylation is 2. The van der Waals surface area contributed by atoms with Crippen LogP contribution in [0.3, 0.4) is 0 Å². The molecule has 1 aromatic heterocycles. The molecule has 1 N–H and O–H groups in total. The van der Waals surface area contributed by atoms with E-state index in [1.807, 2.05) is 85.3 Å². The molecule has 0 aliphatic heterocycles. The van der Waals surface area contributed by atoms with Crippen LogP contribution in [0, 0.1) is 25.2 Å². The predicted molar refractivity (Wildman–Crippen MR) is 110 cm³/mol. The van der Waals surface area contributed by atoms with Crippen LogP contribution in [0.4, 0.5) is 5.69 Å². The Morgan fingerprint density at radius 2 is 1.86 bits per heavy atom. The van der Waals surface area contributed by atoms with Crippen molar-refractivity contribution in [1.82, 2.24) is 4.57 Å². The number of aromatic nitrogens is 1. The van der Waals surface area contributed by atoms with Gasteiger partial charge in [0.2, 0.25) is 0 Å². The minimum atomic E-state index is -0.424. The zero-order valence-corrected chi connectivity index (χ0v) is 16.1. The first-order chi connectivity index (χ1) is 13.5. The number of carbonyl (C=O) groups excluding carboxylic acids is 1. The van der Waals surface area contributed by atoms with E-state index in [0.717, 1.165) is 28.3 Å². The molecule has 3 rings (SSSR count). The average Bonchev–Trinajstić information content (AvgIpc) is 3.08. The molecule has 3 aromatic rings. The Kier molecular flexibility index (Phi) is 5.61. The molecule has 0 atom stereocenters. The summed E-state index contributed by atoms with van der Waals surface area (Å²) in [6.45, 7) is 3.88. The van der Waals surface area contributed by atoms with Crippen LogP contribution in [0.5, 0.6) is 5.75 Å². The average molecular weight is 371 g/mol. The Hall–Kier alpha value is -3.78. The fourth-order valence-corrected chi connectivity index (χ4v) is 2.92. The Bertz CT molecular complexity index is 1070. The molecule has 0 saturated carbocycles. The van der Waals surface area contributed by atoms with E-state index >= 15 is 0 Å². The molecule has 0 radical (unpaired) electrons. The Balaban J connectivity index is 1.85. The summed E-state index contributed by atoms with van der Waals surface area (Å²) < 4.78 is 7.19. The molecular formula is C23H21N3O2. The number of nitriles is 1. The number of carbonyl (C=O) groups is 1. The van der Waals surface area contributed by atoms with E-state index < -0.39 is 5.91 Å². The van der Waals surface area contributed by atoms with Gasteiger partial charge in [0.05, 0.1) is 7.11 Å². The Morgan fingerprint density at radius 3 is 2.50 bits per heavy atom. The maximum atomic E-state index is 12.5. The lowest BCUT2D eigenvalue weighted by molar-refractivity contribution is -0.112. The molecule has 0 saturated heterocycles. The second-order valence-corrected chi connectivity index (χ2v) is 6.42. The zero-order chi connectivity index (χ0) is 20.1. The Labute approximate surface area is 164 Å². The van der Waals surface area contributed by atoms with E-state index in [1.165, 1.54) is 0 Å². The molecule has 5 nitrogen and oxygen atoms in total. The van der Waals surface area contributed by atoms with Crippen LogP contribution in [0.25, 0.3) is 11.8 Å². The number of nitrogens with zero attached hydrogens (tertiary/aromatic N) is 2. The van der Waals surface area contributed by atoms with Gasteiger partial charge < -0.3 is 14.6 Å². The van der Waals surface area contributed by atoms with E-state index in [1.54, 1.807) is 13.2 Å². The minimum Gasteiger partial charge on any atom is -0.497 e. The molecular weight excluding hydrogens is 350 g/mol. The summed E-state index contributed by atoms with van der Waals surface area (Å²) in [6, 6.07) is 19.1. The molecule has 140 valence electrons. The number of hydrogen-bond acceptors (Lipinski definition) is 3. The van der Waals surface area contributed by atoms with Crippen molar-refractivity contribution in [2.24, 2.45) is 0 Å². The monoisotopic (exact) mass is 371 g/mol. The number of benzene rings is 2. The van der Waals surface area contributed by atoms with Gasteiger partial charge in [-0.25, -0.2) is 0 Å². The summed E-state index contributed by atoms with van der Waals surface area (Å²) in [7, 11) is 1.63. The molecule has 0 aliphatic carbocycles. The van der Waals surface area contributed by atoms with Crippen molar-refractivity contribution in [2.45, 2.75) is 13.8 Å². The molecule has 0 spiro atoms. The van der Waals surface area contributed by atoms with Gasteiger partial charge in [-0.2, -0.15) is 5.26 Å². The minimum absolute atomic E-state index is 0.0510. The number of methoxy groups -OCH3 is 1. The molecule has 0 aliphatic rings. The molecule has 0 unspecified atom stereocenters. The SMILES string of the molecule is COc1ccc(-n2cc(/C=C(\C#N)C(=O)Nc3ccccc3C)cc2C)cc1. The van der Waals surface area contributed by atoms with Crippen LogP contribution >= 0.6 is 0 Å². The Morgan fingerprint density at radius 1 is 1.14 bits per heavy atom. The van der Waals surface area contributed by atoms with Crippen molar-refractivity contribution >= 4 is 17.7 Å². The molecule has 2 aromatic carbocycles. The van der Waals surface area contributed by atoms with Crippen LogP contribution in [-0.4, -0.2) is 17.6 Å². The second-order valence-electron chi connectivity index (χ2n) is 6.42. The van der Waals surface area contributed by atoms with Gasteiger partial charge in [-0.1, -0.05) is 18.2 Å². The fraction of sp³-hybridized carbons (Fsp3) is 0.130. The highest BCUT2D eigenvalue weighted by Gasteiger charge is 2.12. The third-order valence-corrected chi connectivity index (χ3v) is 4.45. The number of anilines is 1. The largest absolute Gasteiger partial charge is 0.497 e. The van der Waals surface area contributed by atoms with Gasteiger partial charge in [0.15, 0.2) is 0 Å². The molecule has 5 heteroatoms. The molecule has 28 heavy (non-hydrogen) atoms. The third-order valence-electron chi connectivity index (χ3n) is 4.45. The van der Waals surface area contributed by atoms with Gasteiger partial charge in [-0.05, 0) is 67.4 Å². The van der Waals surface area contributed by atoms with Crippen LogP contribution in [-0.2, 0) is 4.79 Å². The number of rotatable bonds is 5. The summed E-state index contributed by atoms with van der Waals surface area (Å²) >= 11 is 0. The van der Waals surface area contributed by atoms with E-state index in [0.29, 0.717) is 5.69 Å². The van der Waals surface area contributed by atoms with Gasteiger partial charge in [0.1, 0.15) is 17.4 Å². The lowest BCUT2D eigenvalue weighted by atomic mass is 10.1. The summed E-state index contributed by atoms with van der Waals surface area (Å²) in [5.74, 6) is 0.361. The third kappa shape index (κ3) is 4.13. The molecule has 1 heterocycles. The lowest BCUT2D eigenvalue weighted by Gasteiger charge is -2.07. The smallest absolute Gasteiger partial charge is 0.266 e. The van der Waals surface area contributed by atoms with Crippen molar-refractivity contribution < 1.29 is 9.53 Å². The highest BCUT2D eigenvalue weighted by atomic mass is 16.5. The standard InChI is InChI=1S/C23H21N3O2/c1-16-6-4-5-7-22(16)25-23(27)19(14-24)13-18-12-17(2)26(15-18)20-8-10-21(28-3)11-9-20/h4-13,15H,1-3H3,(H,25,27)/b19-13+. The van der Waals surface area contributed by atoms with Crippen LogP contribution in [0.15, 0.2) is 66.4 Å². The topological polar surface area (TPSA) is 67.0 Å². The van der Waals surface area contributed by atoms with Crippen molar-refractivity contribution in [3.63, 3.8) is 0 Å². The van der Waals surface area contributed by atoms with Gasteiger partial charge in [0.25, 0.3) is 5.91 Å². The number of para-hydroxylation sites is 1. The first-order valence-electron chi connectivity index (χ1n) is 8.84. The van der Waals surface area contributed by atoms with Gasteiger partial charge in [0, 0.05) is 23.3 Å². The fourth-order valence-electron chi connectivity index (χ4n) is 2.92. The van der Waals surface area contributed by atoms with Gasteiger partial charge >= 0.3 is 0 Å². The number of ether oxygens (including phenoxy) is 1. The summed E-state index contributed by atoms with van der Waals surface area (Å²) in [4.78, 5) is 12.5. The van der Waals surface area contributed by atoms with Crippen LogP contribution < -0.4 is 10.1 Å². The van der Waals surface area contributed by atoms with Crippen molar-refractivity contribution in [3.05, 3.63) is 83.2 Å². The van der Waals surface area contributed by atoms with Crippen molar-refractivity contribution in [3.8, 4) is 17.5 Å². The van der Waals surface area contributed by atoms with E-state index in [2.05, 4.69) is 5.32 Å². The maximum absolute atomic E-state index is 12.5. The van der Waals surface area contributed by atoms with Crippen LogP contribution in [0.2, 0.25) is 0 Å². The van der Waals surface area contributed by atoms with Gasteiger partial charge in [-0.15, -0.1) is 0 Å². The highest BCUT2D eigenvalue weighted by molar-refractivity contribution is 6.09. The van der Waals surface area contributed by atoms with E-state index in [9.17, 15) is 10.1 Å². The first-order valence-corrected chi connectivity index (χ1v) is 8.84. The van der Waals surface area contributed by atoms with E-state index in [4.69, 9.17) is 4.74 Å². The summed E-state index contributed by atoms with van der Waals surface area (Å²) in [5.41, 5.74) is 4.43. The number of amides is 1. The van der Waals surface area contributed by atoms with Crippen LogP contribution in [0.1, 0.15) is 16.8 Å². The van der Waals surface area contributed by atoms with Crippen molar-refractivity contribution in [1.29, 1.82) is 5.26 Å². The maximum Gasteiger partial charge on any atom is 0.266 e. The normalized spacial score (nSPS) is 11.0.